The molecule has 2 aromatic rings. The van der Waals surface area contributed by atoms with Gasteiger partial charge in [-0.15, -0.1) is 10.2 Å². The number of benzene rings is 1. The van der Waals surface area contributed by atoms with E-state index in [4.69, 9.17) is 0 Å². The number of nitrogens with one attached hydrogen (secondary N) is 2. The summed E-state index contributed by atoms with van der Waals surface area (Å²) in [5.41, 5.74) is 0.928. The van der Waals surface area contributed by atoms with E-state index in [1.54, 1.807) is 13.3 Å². The minimum Gasteiger partial charge on any atom is -0.354 e. The zero-order valence-corrected chi connectivity index (χ0v) is 14.5. The monoisotopic (exact) mass is 347 g/mol. The lowest BCUT2D eigenvalue weighted by atomic mass is 10.3. The second-order valence-corrected chi connectivity index (χ2v) is 6.13. The molecule has 0 radical (unpaired) electrons. The average Bonchev–Trinajstić information content (AvgIpc) is 3.07. The highest BCUT2D eigenvalue weighted by Crippen LogP contribution is 2.18. The van der Waals surface area contributed by atoms with Crippen LogP contribution in [-0.2, 0) is 9.59 Å². The van der Waals surface area contributed by atoms with Crippen molar-refractivity contribution in [1.82, 2.24) is 25.4 Å². The number of aromatic nitrogens is 3. The summed E-state index contributed by atoms with van der Waals surface area (Å²) < 4.78 is 1.81. The first-order valence-electron chi connectivity index (χ1n) is 7.77. The summed E-state index contributed by atoms with van der Waals surface area (Å²) in [6.45, 7) is 4.25. The summed E-state index contributed by atoms with van der Waals surface area (Å²) >= 11 is 1.27. The predicted molar refractivity (Wildman–Crippen MR) is 93.0 cm³/mol. The van der Waals surface area contributed by atoms with Crippen molar-refractivity contribution in [3.63, 3.8) is 0 Å². The average molecular weight is 347 g/mol. The van der Waals surface area contributed by atoms with E-state index in [1.807, 2.05) is 41.8 Å². The number of hydrogen-bond acceptors (Lipinski definition) is 5. The lowest BCUT2D eigenvalue weighted by Gasteiger charge is -2.13. The highest BCUT2D eigenvalue weighted by molar-refractivity contribution is 7.99. The van der Waals surface area contributed by atoms with Crippen molar-refractivity contribution in [3.05, 3.63) is 36.7 Å². The highest BCUT2D eigenvalue weighted by atomic mass is 32.2. The summed E-state index contributed by atoms with van der Waals surface area (Å²) in [7, 11) is 0. The molecular weight excluding hydrogens is 326 g/mol. The molecule has 8 heteroatoms. The molecule has 0 aliphatic carbocycles. The molecule has 0 aliphatic rings. The zero-order chi connectivity index (χ0) is 17.4. The SMILES string of the molecule is CCCNC(=O)[C@@H](C)NC(=O)CSc1nncn1-c1ccccc1. The second kappa shape index (κ2) is 9.07. The van der Waals surface area contributed by atoms with Crippen molar-refractivity contribution in [2.75, 3.05) is 12.3 Å². The van der Waals surface area contributed by atoms with Gasteiger partial charge in [0.05, 0.1) is 5.75 Å². The van der Waals surface area contributed by atoms with Crippen LogP contribution in [0.15, 0.2) is 41.8 Å². The molecule has 0 unspecified atom stereocenters. The summed E-state index contributed by atoms with van der Waals surface area (Å²) in [5.74, 6) is -0.235. The van der Waals surface area contributed by atoms with Gasteiger partial charge in [-0.1, -0.05) is 36.9 Å². The number of nitrogens with zero attached hydrogens (tertiary/aromatic N) is 3. The number of rotatable bonds is 8. The van der Waals surface area contributed by atoms with Crippen LogP contribution >= 0.6 is 11.8 Å². The van der Waals surface area contributed by atoms with Gasteiger partial charge < -0.3 is 10.6 Å². The molecule has 1 heterocycles. The number of amides is 2. The molecule has 1 atom stereocenters. The molecule has 128 valence electrons. The van der Waals surface area contributed by atoms with Crippen LogP contribution in [0.4, 0.5) is 0 Å². The highest BCUT2D eigenvalue weighted by Gasteiger charge is 2.16. The van der Waals surface area contributed by atoms with Crippen molar-refractivity contribution in [2.24, 2.45) is 0 Å². The maximum absolute atomic E-state index is 12.0. The molecule has 0 bridgehead atoms. The largest absolute Gasteiger partial charge is 0.354 e. The van der Waals surface area contributed by atoms with Gasteiger partial charge in [0.2, 0.25) is 11.8 Å². The van der Waals surface area contributed by atoms with Gasteiger partial charge in [0.25, 0.3) is 0 Å². The van der Waals surface area contributed by atoms with E-state index in [0.717, 1.165) is 12.1 Å². The van der Waals surface area contributed by atoms with Crippen molar-refractivity contribution in [3.8, 4) is 5.69 Å². The first kappa shape index (κ1) is 18.0. The topological polar surface area (TPSA) is 88.9 Å². The fourth-order valence-corrected chi connectivity index (χ4v) is 2.71. The number of para-hydroxylation sites is 1. The first-order chi connectivity index (χ1) is 11.6. The Morgan fingerprint density at radius 2 is 2.04 bits per heavy atom. The Morgan fingerprint density at radius 3 is 2.75 bits per heavy atom. The third-order valence-electron chi connectivity index (χ3n) is 3.20. The van der Waals surface area contributed by atoms with Crippen molar-refractivity contribution >= 4 is 23.6 Å². The lowest BCUT2D eigenvalue weighted by Crippen LogP contribution is -2.45. The molecule has 0 saturated carbocycles. The molecule has 24 heavy (non-hydrogen) atoms. The minimum absolute atomic E-state index is 0.164. The molecule has 1 aromatic carbocycles. The van der Waals surface area contributed by atoms with Crippen LogP contribution in [0.2, 0.25) is 0 Å². The third-order valence-corrected chi connectivity index (χ3v) is 4.15. The Kier molecular flexibility index (Phi) is 6.80. The molecule has 0 spiro atoms. The zero-order valence-electron chi connectivity index (χ0n) is 13.7. The van der Waals surface area contributed by atoms with Crippen LogP contribution < -0.4 is 10.6 Å². The fraction of sp³-hybridized carbons (Fsp3) is 0.375. The van der Waals surface area contributed by atoms with Gasteiger partial charge in [-0.25, -0.2) is 0 Å². The number of hydrogen-bond donors (Lipinski definition) is 2. The standard InChI is InChI=1S/C16H21N5O2S/c1-3-9-17-15(23)12(2)19-14(22)10-24-16-20-18-11-21(16)13-7-5-4-6-8-13/h4-8,11-12H,3,9-10H2,1-2H3,(H,17,23)(H,19,22)/t12-/m1/s1. The van der Waals surface area contributed by atoms with Crippen molar-refractivity contribution in [1.29, 1.82) is 0 Å². The van der Waals surface area contributed by atoms with Gasteiger partial charge in [0, 0.05) is 12.2 Å². The van der Waals surface area contributed by atoms with Gasteiger partial charge in [-0.3, -0.25) is 14.2 Å². The van der Waals surface area contributed by atoms with Crippen LogP contribution in [0, 0.1) is 0 Å². The molecule has 0 aliphatic heterocycles. The Bertz CT molecular complexity index is 674. The Labute approximate surface area is 145 Å². The summed E-state index contributed by atoms with van der Waals surface area (Å²) in [6, 6.07) is 9.09. The molecule has 2 amide bonds. The molecular formula is C16H21N5O2S. The van der Waals surface area contributed by atoms with Crippen LogP contribution in [0.3, 0.4) is 0 Å². The maximum atomic E-state index is 12.0. The second-order valence-electron chi connectivity index (χ2n) is 5.19. The van der Waals surface area contributed by atoms with E-state index >= 15 is 0 Å². The van der Waals surface area contributed by atoms with E-state index in [9.17, 15) is 9.59 Å². The number of carbonyl (C=O) groups excluding carboxylic acids is 2. The molecule has 0 saturated heterocycles. The Balaban J connectivity index is 1.87. The molecule has 2 N–H and O–H groups in total. The normalized spacial score (nSPS) is 11.8. The van der Waals surface area contributed by atoms with Crippen molar-refractivity contribution < 1.29 is 9.59 Å². The van der Waals surface area contributed by atoms with Crippen LogP contribution in [0.25, 0.3) is 5.69 Å². The van der Waals surface area contributed by atoms with Gasteiger partial charge >= 0.3 is 0 Å². The van der Waals surface area contributed by atoms with E-state index in [-0.39, 0.29) is 17.6 Å². The van der Waals surface area contributed by atoms with E-state index < -0.39 is 6.04 Å². The molecule has 2 rings (SSSR count). The van der Waals surface area contributed by atoms with E-state index in [2.05, 4.69) is 20.8 Å². The van der Waals surface area contributed by atoms with Gasteiger partial charge in [-0.05, 0) is 25.5 Å². The summed E-state index contributed by atoms with van der Waals surface area (Å²) in [5, 5.41) is 14.0. The smallest absolute Gasteiger partial charge is 0.242 e. The molecule has 1 aromatic heterocycles. The first-order valence-corrected chi connectivity index (χ1v) is 8.75. The van der Waals surface area contributed by atoms with Crippen molar-refractivity contribution in [2.45, 2.75) is 31.5 Å². The third kappa shape index (κ3) is 5.09. The van der Waals surface area contributed by atoms with E-state index in [1.165, 1.54) is 11.8 Å². The molecule has 0 fully saturated rings. The predicted octanol–water partition coefficient (Wildman–Crippen LogP) is 1.39. The van der Waals surface area contributed by atoms with Crippen LogP contribution in [0.5, 0.6) is 0 Å². The lowest BCUT2D eigenvalue weighted by molar-refractivity contribution is -0.127. The summed E-state index contributed by atoms with van der Waals surface area (Å²) in [4.78, 5) is 23.8. The van der Waals surface area contributed by atoms with Crippen LogP contribution in [-0.4, -0.2) is 44.9 Å². The van der Waals surface area contributed by atoms with Gasteiger partial charge in [0.15, 0.2) is 5.16 Å². The van der Waals surface area contributed by atoms with E-state index in [0.29, 0.717) is 11.7 Å². The Morgan fingerprint density at radius 1 is 1.29 bits per heavy atom. The summed E-state index contributed by atoms with van der Waals surface area (Å²) in [6.07, 6.45) is 2.47. The van der Waals surface area contributed by atoms with Gasteiger partial charge in [0.1, 0.15) is 12.4 Å². The minimum atomic E-state index is -0.559. The number of thioether (sulfide) groups is 1. The molecule has 7 nitrogen and oxygen atoms in total. The fourth-order valence-electron chi connectivity index (χ4n) is 1.97. The van der Waals surface area contributed by atoms with Crippen LogP contribution in [0.1, 0.15) is 20.3 Å². The quantitative estimate of drug-likeness (QED) is 0.705. The maximum Gasteiger partial charge on any atom is 0.242 e. The van der Waals surface area contributed by atoms with Gasteiger partial charge in [-0.2, -0.15) is 0 Å². The Hall–Kier alpha value is -2.35. The number of carbonyl (C=O) groups is 2.